The fourth-order valence-electron chi connectivity index (χ4n) is 3.16. The Kier molecular flexibility index (Phi) is 10.3. The van der Waals surface area contributed by atoms with E-state index in [1.807, 2.05) is 6.08 Å². The molecule has 23 heavy (non-hydrogen) atoms. The number of carboxylic acid groups (broad SMARTS) is 1. The van der Waals surface area contributed by atoms with Crippen LogP contribution in [-0.4, -0.2) is 16.9 Å². The van der Waals surface area contributed by atoms with Crippen molar-refractivity contribution >= 4 is 11.8 Å². The molecular weight excluding hydrogens is 288 g/mol. The summed E-state index contributed by atoms with van der Waals surface area (Å²) in [6.07, 6.45) is 19.1. The predicted molar refractivity (Wildman–Crippen MR) is 94.4 cm³/mol. The van der Waals surface area contributed by atoms with E-state index in [-0.39, 0.29) is 12.3 Å². The molecule has 1 aliphatic rings. The molecule has 0 bridgehead atoms. The lowest BCUT2D eigenvalue weighted by atomic mass is 9.91. The topological polar surface area (TPSA) is 54.4 Å². The molecule has 0 aromatic rings. The monoisotopic (exact) mass is 320 g/mol. The highest BCUT2D eigenvalue weighted by atomic mass is 16.4. The lowest BCUT2D eigenvalue weighted by Crippen LogP contribution is -2.12. The molecule has 1 saturated carbocycles. The molecule has 0 heterocycles. The Morgan fingerprint density at radius 2 is 1.91 bits per heavy atom. The fraction of sp³-hybridized carbons (Fsp3) is 0.700. The summed E-state index contributed by atoms with van der Waals surface area (Å²) in [5.41, 5.74) is 0. The van der Waals surface area contributed by atoms with Crippen LogP contribution in [0.3, 0.4) is 0 Å². The van der Waals surface area contributed by atoms with Crippen LogP contribution in [0.1, 0.15) is 77.6 Å². The molecule has 0 aliphatic heterocycles. The Morgan fingerprint density at radius 1 is 1.13 bits per heavy atom. The van der Waals surface area contributed by atoms with E-state index >= 15 is 0 Å². The molecule has 2 atom stereocenters. The molecule has 3 heteroatoms. The maximum atomic E-state index is 12.0. The minimum atomic E-state index is -0.742. The first-order valence-electron chi connectivity index (χ1n) is 9.21. The zero-order valence-corrected chi connectivity index (χ0v) is 14.5. The van der Waals surface area contributed by atoms with Gasteiger partial charge in [-0.25, -0.2) is 0 Å². The molecule has 3 nitrogen and oxygen atoms in total. The van der Waals surface area contributed by atoms with Crippen LogP contribution < -0.4 is 0 Å². The van der Waals surface area contributed by atoms with Gasteiger partial charge in [-0.05, 0) is 44.4 Å². The van der Waals surface area contributed by atoms with Gasteiger partial charge in [0.1, 0.15) is 5.78 Å². The molecule has 0 spiro atoms. The lowest BCUT2D eigenvalue weighted by molar-refractivity contribution is -0.137. The molecule has 0 aromatic heterocycles. The predicted octanol–water partition coefficient (Wildman–Crippen LogP) is 5.31. The first kappa shape index (κ1) is 19.7. The number of ketones is 1. The van der Waals surface area contributed by atoms with Gasteiger partial charge in [0, 0.05) is 18.8 Å². The zero-order chi connectivity index (χ0) is 16.9. The standard InChI is InChI=1S/C20H32O3/c1-2-3-4-5-6-9-12-17-15-16-19(21)18(17)13-10-7-8-11-14-20(22)23/h7,9-10,12,17-18H,2-6,8,11,13-16H2,1H3,(H,22,23)/t17-,18+/m0/s1. The Bertz CT molecular complexity index is 409. The van der Waals surface area contributed by atoms with Crippen LogP contribution in [0.15, 0.2) is 24.3 Å². The third-order valence-electron chi connectivity index (χ3n) is 4.58. The van der Waals surface area contributed by atoms with Gasteiger partial charge >= 0.3 is 5.97 Å². The molecule has 1 N–H and O–H groups in total. The van der Waals surface area contributed by atoms with Gasteiger partial charge in [0.15, 0.2) is 0 Å². The molecule has 0 unspecified atom stereocenters. The van der Waals surface area contributed by atoms with Gasteiger partial charge in [-0.15, -0.1) is 0 Å². The molecule has 0 amide bonds. The smallest absolute Gasteiger partial charge is 0.303 e. The maximum Gasteiger partial charge on any atom is 0.303 e. The van der Waals surface area contributed by atoms with Gasteiger partial charge in [0.05, 0.1) is 0 Å². The number of Topliss-reactive ketones (excluding diaryl/α,β-unsaturated/α-hetero) is 1. The summed E-state index contributed by atoms with van der Waals surface area (Å²) in [7, 11) is 0. The van der Waals surface area contributed by atoms with Crippen molar-refractivity contribution in [3.8, 4) is 0 Å². The third-order valence-corrected chi connectivity index (χ3v) is 4.58. The number of hydrogen-bond donors (Lipinski definition) is 1. The van der Waals surface area contributed by atoms with Crippen molar-refractivity contribution in [3.05, 3.63) is 24.3 Å². The van der Waals surface area contributed by atoms with E-state index in [0.29, 0.717) is 24.5 Å². The quantitative estimate of drug-likeness (QED) is 0.391. The van der Waals surface area contributed by atoms with E-state index in [1.165, 1.54) is 25.7 Å². The van der Waals surface area contributed by atoms with Gasteiger partial charge in [-0.1, -0.05) is 50.5 Å². The normalized spacial score (nSPS) is 21.7. The molecule has 1 aliphatic carbocycles. The van der Waals surface area contributed by atoms with E-state index in [4.69, 9.17) is 5.11 Å². The van der Waals surface area contributed by atoms with Crippen LogP contribution in [0.2, 0.25) is 0 Å². The number of hydrogen-bond acceptors (Lipinski definition) is 2. The minimum Gasteiger partial charge on any atom is -0.481 e. The summed E-state index contributed by atoms with van der Waals surface area (Å²) in [6, 6.07) is 0. The summed E-state index contributed by atoms with van der Waals surface area (Å²) in [4.78, 5) is 22.5. The number of carbonyl (C=O) groups excluding carboxylic acids is 1. The van der Waals surface area contributed by atoms with Crippen molar-refractivity contribution in [2.45, 2.75) is 77.6 Å². The SMILES string of the molecule is CCCCCCC=C[C@H]1CCC(=O)[C@@H]1CC=CCCCC(=O)O. The van der Waals surface area contributed by atoms with Crippen LogP contribution in [0.25, 0.3) is 0 Å². The van der Waals surface area contributed by atoms with Crippen LogP contribution >= 0.6 is 0 Å². The highest BCUT2D eigenvalue weighted by molar-refractivity contribution is 5.83. The lowest BCUT2D eigenvalue weighted by Gasteiger charge is -2.12. The van der Waals surface area contributed by atoms with E-state index in [1.54, 1.807) is 0 Å². The zero-order valence-electron chi connectivity index (χ0n) is 14.5. The summed E-state index contributed by atoms with van der Waals surface area (Å²) in [5, 5.41) is 8.59. The van der Waals surface area contributed by atoms with Gasteiger partial charge in [-0.3, -0.25) is 9.59 Å². The molecule has 1 fully saturated rings. The number of allylic oxidation sites excluding steroid dienone is 4. The molecule has 0 radical (unpaired) electrons. The van der Waals surface area contributed by atoms with E-state index < -0.39 is 5.97 Å². The Labute approximate surface area is 140 Å². The average Bonchev–Trinajstić information content (AvgIpc) is 2.86. The van der Waals surface area contributed by atoms with Gasteiger partial charge in [-0.2, -0.15) is 0 Å². The van der Waals surface area contributed by atoms with Crippen LogP contribution in [0.4, 0.5) is 0 Å². The van der Waals surface area contributed by atoms with Crippen molar-refractivity contribution in [3.63, 3.8) is 0 Å². The van der Waals surface area contributed by atoms with E-state index in [9.17, 15) is 9.59 Å². The maximum absolute atomic E-state index is 12.0. The highest BCUT2D eigenvalue weighted by Gasteiger charge is 2.31. The number of unbranched alkanes of at least 4 members (excludes halogenated alkanes) is 5. The molecular formula is C20H32O3. The molecule has 130 valence electrons. The largest absolute Gasteiger partial charge is 0.481 e. The van der Waals surface area contributed by atoms with Gasteiger partial charge in [0.2, 0.25) is 0 Å². The van der Waals surface area contributed by atoms with Crippen LogP contribution in [0.5, 0.6) is 0 Å². The Balaban J connectivity index is 2.27. The second kappa shape index (κ2) is 12.1. The van der Waals surface area contributed by atoms with Crippen molar-refractivity contribution in [1.29, 1.82) is 0 Å². The van der Waals surface area contributed by atoms with Crippen LogP contribution in [-0.2, 0) is 9.59 Å². The molecule has 0 aromatic carbocycles. The summed E-state index contributed by atoms with van der Waals surface area (Å²) < 4.78 is 0. The van der Waals surface area contributed by atoms with Crippen LogP contribution in [0, 0.1) is 11.8 Å². The second-order valence-electron chi connectivity index (χ2n) is 6.55. The van der Waals surface area contributed by atoms with E-state index in [2.05, 4.69) is 25.2 Å². The molecule has 1 rings (SSSR count). The number of carbonyl (C=O) groups is 2. The first-order valence-corrected chi connectivity index (χ1v) is 9.21. The molecule has 0 saturated heterocycles. The first-order chi connectivity index (χ1) is 11.1. The summed E-state index contributed by atoms with van der Waals surface area (Å²) in [6.45, 7) is 2.22. The van der Waals surface area contributed by atoms with Gasteiger partial charge in [0.25, 0.3) is 0 Å². The number of aliphatic carboxylic acids is 1. The highest BCUT2D eigenvalue weighted by Crippen LogP contribution is 2.32. The van der Waals surface area contributed by atoms with Crippen molar-refractivity contribution in [2.75, 3.05) is 0 Å². The number of rotatable bonds is 12. The van der Waals surface area contributed by atoms with Crippen molar-refractivity contribution in [2.24, 2.45) is 11.8 Å². The van der Waals surface area contributed by atoms with E-state index in [0.717, 1.165) is 25.7 Å². The Hall–Kier alpha value is -1.38. The fourth-order valence-corrected chi connectivity index (χ4v) is 3.16. The second-order valence-corrected chi connectivity index (χ2v) is 6.55. The minimum absolute atomic E-state index is 0.137. The van der Waals surface area contributed by atoms with Crippen molar-refractivity contribution < 1.29 is 14.7 Å². The Morgan fingerprint density at radius 3 is 2.65 bits per heavy atom. The summed E-state index contributed by atoms with van der Waals surface area (Å²) >= 11 is 0. The average molecular weight is 320 g/mol. The third kappa shape index (κ3) is 8.73. The van der Waals surface area contributed by atoms with Crippen molar-refractivity contribution in [1.82, 2.24) is 0 Å². The van der Waals surface area contributed by atoms with Gasteiger partial charge < -0.3 is 5.11 Å². The summed E-state index contributed by atoms with van der Waals surface area (Å²) in [5.74, 6) is 0.185. The number of carboxylic acids is 1.